The fraction of sp³-hybridized carbons (Fsp3) is 0.294. The molecule has 0 aliphatic heterocycles. The van der Waals surface area contributed by atoms with Crippen molar-refractivity contribution in [1.29, 1.82) is 0 Å². The van der Waals surface area contributed by atoms with Crippen LogP contribution in [0.5, 0.6) is 5.75 Å². The molecule has 22 heavy (non-hydrogen) atoms. The molecule has 0 saturated carbocycles. The molecule has 0 aromatic heterocycles. The molecule has 2 aromatic rings. The number of alkyl halides is 3. The Bertz CT molecular complexity index is 565. The van der Waals surface area contributed by atoms with Gasteiger partial charge in [0.25, 0.3) is 0 Å². The second-order valence-electron chi connectivity index (χ2n) is 4.95. The summed E-state index contributed by atoms with van der Waals surface area (Å²) in [5.41, 5.74) is 1.03. The summed E-state index contributed by atoms with van der Waals surface area (Å²) in [6.45, 7) is 0.482. The SMILES string of the molecule is OC(c1ccc(OCCCc2ccccc2)cc1)C(F)(F)F. The number of rotatable bonds is 6. The average molecular weight is 310 g/mol. The van der Waals surface area contributed by atoms with Gasteiger partial charge >= 0.3 is 6.18 Å². The van der Waals surface area contributed by atoms with Crippen LogP contribution < -0.4 is 4.74 Å². The number of hydrogen-bond acceptors (Lipinski definition) is 2. The van der Waals surface area contributed by atoms with Gasteiger partial charge in [0.05, 0.1) is 6.61 Å². The lowest BCUT2D eigenvalue weighted by Gasteiger charge is -2.15. The van der Waals surface area contributed by atoms with Gasteiger partial charge in [-0.3, -0.25) is 0 Å². The van der Waals surface area contributed by atoms with Crippen molar-refractivity contribution in [2.75, 3.05) is 6.61 Å². The molecule has 0 heterocycles. The van der Waals surface area contributed by atoms with E-state index in [1.165, 1.54) is 29.8 Å². The molecule has 0 fully saturated rings. The maximum atomic E-state index is 12.4. The van der Waals surface area contributed by atoms with Crippen LogP contribution in [0.2, 0.25) is 0 Å². The number of aliphatic hydroxyl groups excluding tert-OH is 1. The summed E-state index contributed by atoms with van der Waals surface area (Å²) >= 11 is 0. The second-order valence-corrected chi connectivity index (χ2v) is 4.95. The van der Waals surface area contributed by atoms with Crippen LogP contribution in [0.25, 0.3) is 0 Å². The third-order valence-corrected chi connectivity index (χ3v) is 3.23. The number of benzene rings is 2. The van der Waals surface area contributed by atoms with Crippen molar-refractivity contribution in [1.82, 2.24) is 0 Å². The maximum Gasteiger partial charge on any atom is 0.418 e. The molecule has 0 saturated heterocycles. The largest absolute Gasteiger partial charge is 0.494 e. The molecule has 1 N–H and O–H groups in total. The van der Waals surface area contributed by atoms with E-state index in [0.717, 1.165) is 12.8 Å². The highest BCUT2D eigenvalue weighted by Gasteiger charge is 2.39. The van der Waals surface area contributed by atoms with Crippen LogP contribution in [-0.2, 0) is 6.42 Å². The van der Waals surface area contributed by atoms with Crippen LogP contribution in [-0.4, -0.2) is 17.9 Å². The van der Waals surface area contributed by atoms with Gasteiger partial charge < -0.3 is 9.84 Å². The molecule has 1 unspecified atom stereocenters. The third kappa shape index (κ3) is 4.77. The zero-order valence-electron chi connectivity index (χ0n) is 11.9. The molecule has 5 heteroatoms. The molecule has 2 rings (SSSR count). The van der Waals surface area contributed by atoms with Crippen molar-refractivity contribution in [3.63, 3.8) is 0 Å². The Balaban J connectivity index is 1.79. The van der Waals surface area contributed by atoms with Gasteiger partial charge in [-0.25, -0.2) is 0 Å². The molecule has 0 aliphatic rings. The summed E-state index contributed by atoms with van der Waals surface area (Å²) in [7, 11) is 0. The van der Waals surface area contributed by atoms with Crippen LogP contribution in [0, 0.1) is 0 Å². The van der Waals surface area contributed by atoms with Crippen LogP contribution >= 0.6 is 0 Å². The van der Waals surface area contributed by atoms with Crippen molar-refractivity contribution < 1.29 is 23.0 Å². The minimum absolute atomic E-state index is 0.191. The summed E-state index contributed by atoms with van der Waals surface area (Å²) in [6.07, 6.45) is -5.42. The minimum atomic E-state index is -4.65. The topological polar surface area (TPSA) is 29.5 Å². The van der Waals surface area contributed by atoms with Gasteiger partial charge in [0, 0.05) is 0 Å². The summed E-state index contributed by atoms with van der Waals surface area (Å²) in [6, 6.07) is 15.3. The maximum absolute atomic E-state index is 12.4. The second kappa shape index (κ2) is 7.31. The number of ether oxygens (including phenoxy) is 1. The van der Waals surface area contributed by atoms with Gasteiger partial charge in [-0.15, -0.1) is 0 Å². The smallest absolute Gasteiger partial charge is 0.418 e. The van der Waals surface area contributed by atoms with E-state index in [1.807, 2.05) is 30.3 Å². The van der Waals surface area contributed by atoms with Gasteiger partial charge in [0.1, 0.15) is 5.75 Å². The molecule has 0 radical (unpaired) electrons. The Hall–Kier alpha value is -2.01. The molecule has 2 nitrogen and oxygen atoms in total. The van der Waals surface area contributed by atoms with Crippen LogP contribution in [0.15, 0.2) is 54.6 Å². The molecule has 0 bridgehead atoms. The lowest BCUT2D eigenvalue weighted by molar-refractivity contribution is -0.206. The molecular weight excluding hydrogens is 293 g/mol. The van der Waals surface area contributed by atoms with Crippen LogP contribution in [0.3, 0.4) is 0 Å². The molecule has 0 spiro atoms. The molecular formula is C17H17F3O2. The predicted molar refractivity (Wildman–Crippen MR) is 77.7 cm³/mol. The van der Waals surface area contributed by atoms with Gasteiger partial charge in [-0.05, 0) is 36.1 Å². The van der Waals surface area contributed by atoms with E-state index < -0.39 is 12.3 Å². The Kier molecular flexibility index (Phi) is 5.44. The zero-order chi connectivity index (χ0) is 16.0. The van der Waals surface area contributed by atoms with E-state index in [1.54, 1.807) is 0 Å². The lowest BCUT2D eigenvalue weighted by Crippen LogP contribution is -2.20. The quantitative estimate of drug-likeness (QED) is 0.806. The zero-order valence-corrected chi connectivity index (χ0v) is 11.9. The number of aryl methyl sites for hydroxylation is 1. The molecule has 0 amide bonds. The van der Waals surface area contributed by atoms with E-state index in [4.69, 9.17) is 9.84 Å². The highest BCUT2D eigenvalue weighted by molar-refractivity contribution is 5.29. The normalized spacial score (nSPS) is 12.9. The summed E-state index contributed by atoms with van der Waals surface area (Å²) in [5, 5.41) is 9.12. The summed E-state index contributed by atoms with van der Waals surface area (Å²) in [4.78, 5) is 0. The van der Waals surface area contributed by atoms with Crippen molar-refractivity contribution >= 4 is 0 Å². The standard InChI is InChI=1S/C17H17F3O2/c18-17(19,20)16(21)14-8-10-15(11-9-14)22-12-4-7-13-5-2-1-3-6-13/h1-3,5-6,8-11,16,21H,4,7,12H2. The minimum Gasteiger partial charge on any atom is -0.494 e. The first kappa shape index (κ1) is 16.4. The monoisotopic (exact) mass is 310 g/mol. The average Bonchev–Trinajstić information content (AvgIpc) is 2.52. The van der Waals surface area contributed by atoms with Gasteiger partial charge in [0.2, 0.25) is 0 Å². The first-order chi connectivity index (χ1) is 10.5. The van der Waals surface area contributed by atoms with E-state index in [-0.39, 0.29) is 5.56 Å². The van der Waals surface area contributed by atoms with E-state index >= 15 is 0 Å². The Labute approximate surface area is 127 Å². The van der Waals surface area contributed by atoms with Gasteiger partial charge in [-0.1, -0.05) is 42.5 Å². The lowest BCUT2D eigenvalue weighted by atomic mass is 10.1. The predicted octanol–water partition coefficient (Wildman–Crippen LogP) is 4.29. The van der Waals surface area contributed by atoms with Crippen molar-refractivity contribution in [3.05, 3.63) is 65.7 Å². The Morgan fingerprint density at radius 3 is 2.18 bits per heavy atom. The molecule has 118 valence electrons. The first-order valence-electron chi connectivity index (χ1n) is 6.98. The Morgan fingerprint density at radius 2 is 1.59 bits per heavy atom. The van der Waals surface area contributed by atoms with Crippen LogP contribution in [0.1, 0.15) is 23.7 Å². The van der Waals surface area contributed by atoms with E-state index in [0.29, 0.717) is 12.4 Å². The molecule has 1 atom stereocenters. The first-order valence-corrected chi connectivity index (χ1v) is 6.98. The van der Waals surface area contributed by atoms with Crippen molar-refractivity contribution in [2.45, 2.75) is 25.1 Å². The van der Waals surface area contributed by atoms with Crippen molar-refractivity contribution in [2.24, 2.45) is 0 Å². The number of halogens is 3. The Morgan fingerprint density at radius 1 is 0.955 bits per heavy atom. The van der Waals surface area contributed by atoms with Crippen molar-refractivity contribution in [3.8, 4) is 5.75 Å². The fourth-order valence-electron chi connectivity index (χ4n) is 2.05. The third-order valence-electron chi connectivity index (χ3n) is 3.23. The highest BCUT2D eigenvalue weighted by atomic mass is 19.4. The molecule has 0 aliphatic carbocycles. The fourth-order valence-corrected chi connectivity index (χ4v) is 2.05. The van der Waals surface area contributed by atoms with Gasteiger partial charge in [-0.2, -0.15) is 13.2 Å². The number of aliphatic hydroxyl groups is 1. The summed E-state index contributed by atoms with van der Waals surface area (Å²) in [5.74, 6) is 0.492. The van der Waals surface area contributed by atoms with E-state index in [9.17, 15) is 13.2 Å². The van der Waals surface area contributed by atoms with E-state index in [2.05, 4.69) is 0 Å². The summed E-state index contributed by atoms with van der Waals surface area (Å²) < 4.78 is 42.6. The highest BCUT2D eigenvalue weighted by Crippen LogP contribution is 2.32. The molecule has 2 aromatic carbocycles. The number of hydrogen-bond donors (Lipinski definition) is 1. The van der Waals surface area contributed by atoms with Gasteiger partial charge in [0.15, 0.2) is 6.10 Å². The van der Waals surface area contributed by atoms with Crippen LogP contribution in [0.4, 0.5) is 13.2 Å².